The second-order valence-electron chi connectivity index (χ2n) is 5.86. The Labute approximate surface area is 159 Å². The van der Waals surface area contributed by atoms with Gasteiger partial charge in [-0.05, 0) is 47.4 Å². The first kappa shape index (κ1) is 16.7. The van der Waals surface area contributed by atoms with E-state index in [9.17, 15) is 9.90 Å². The number of halogens is 1. The number of nitrogens with one attached hydrogen (secondary N) is 1. The maximum Gasteiger partial charge on any atom is 0.274 e. The van der Waals surface area contributed by atoms with E-state index in [0.29, 0.717) is 10.6 Å². The van der Waals surface area contributed by atoms with Crippen molar-refractivity contribution in [3.05, 3.63) is 93.1 Å². The largest absolute Gasteiger partial charge is 0.508 e. The summed E-state index contributed by atoms with van der Waals surface area (Å²) in [6.45, 7) is 0. The van der Waals surface area contributed by atoms with E-state index in [0.717, 1.165) is 16.1 Å². The third-order valence-electron chi connectivity index (χ3n) is 4.17. The highest BCUT2D eigenvalue weighted by Gasteiger charge is 2.32. The average molecular weight is 383 g/mol. The van der Waals surface area contributed by atoms with E-state index < -0.39 is 0 Å². The minimum atomic E-state index is -0.358. The first-order valence-electron chi connectivity index (χ1n) is 8.03. The molecule has 1 atom stereocenters. The molecule has 3 aromatic rings. The molecule has 1 aliphatic rings. The number of thiophene rings is 1. The molecule has 4 nitrogen and oxygen atoms in total. The van der Waals surface area contributed by atoms with Gasteiger partial charge in [-0.3, -0.25) is 10.2 Å². The molecular weight excluding hydrogens is 368 g/mol. The quantitative estimate of drug-likeness (QED) is 0.680. The maximum absolute atomic E-state index is 13.1. The fourth-order valence-corrected chi connectivity index (χ4v) is 3.85. The van der Waals surface area contributed by atoms with Gasteiger partial charge in [-0.15, -0.1) is 11.3 Å². The zero-order chi connectivity index (χ0) is 18.1. The predicted molar refractivity (Wildman–Crippen MR) is 104 cm³/mol. The lowest BCUT2D eigenvalue weighted by Crippen LogP contribution is -2.39. The SMILES string of the molecule is O=C(c1ccccc1Cl)N1NC(c2cccs2)=C[C@@H]1c1cccc(O)c1. The molecule has 0 fully saturated rings. The number of aromatic hydroxyl groups is 1. The van der Waals surface area contributed by atoms with Crippen LogP contribution >= 0.6 is 22.9 Å². The number of benzene rings is 2. The van der Waals surface area contributed by atoms with Crippen molar-refractivity contribution < 1.29 is 9.90 Å². The summed E-state index contributed by atoms with van der Waals surface area (Å²) in [5.41, 5.74) is 5.29. The van der Waals surface area contributed by atoms with Crippen molar-refractivity contribution in [1.82, 2.24) is 10.4 Å². The number of rotatable bonds is 3. The molecule has 2 aromatic carbocycles. The topological polar surface area (TPSA) is 52.6 Å². The van der Waals surface area contributed by atoms with Gasteiger partial charge in [0.2, 0.25) is 0 Å². The standard InChI is InChI=1S/C20H15ClN2O2S/c21-16-8-2-1-7-15(16)20(25)23-18(13-5-3-6-14(24)11-13)12-17(22-23)19-9-4-10-26-19/h1-12,18,22,24H/t18-/m1/s1. The van der Waals surface area contributed by atoms with Crippen LogP contribution in [0, 0.1) is 0 Å². The highest BCUT2D eigenvalue weighted by atomic mass is 35.5. The maximum atomic E-state index is 13.1. The Morgan fingerprint density at radius 3 is 2.69 bits per heavy atom. The molecule has 26 heavy (non-hydrogen) atoms. The van der Waals surface area contributed by atoms with Crippen LogP contribution in [0.4, 0.5) is 0 Å². The molecule has 0 unspecified atom stereocenters. The zero-order valence-electron chi connectivity index (χ0n) is 13.6. The second kappa shape index (κ2) is 6.86. The Morgan fingerprint density at radius 2 is 1.96 bits per heavy atom. The number of amides is 1. The van der Waals surface area contributed by atoms with E-state index in [4.69, 9.17) is 11.6 Å². The molecule has 1 amide bonds. The van der Waals surface area contributed by atoms with Crippen molar-refractivity contribution >= 4 is 34.5 Å². The molecular formula is C20H15ClN2O2S. The number of phenolic OH excluding ortho intramolecular Hbond substituents is 1. The number of carbonyl (C=O) groups excluding carboxylic acids is 1. The summed E-state index contributed by atoms with van der Waals surface area (Å²) < 4.78 is 0. The number of hydrogen-bond donors (Lipinski definition) is 2. The van der Waals surface area contributed by atoms with Gasteiger partial charge in [-0.2, -0.15) is 0 Å². The Hall–Kier alpha value is -2.76. The fourth-order valence-electron chi connectivity index (χ4n) is 2.93. The first-order chi connectivity index (χ1) is 12.6. The lowest BCUT2D eigenvalue weighted by atomic mass is 10.0. The Kier molecular flexibility index (Phi) is 4.41. The van der Waals surface area contributed by atoms with Crippen LogP contribution < -0.4 is 5.43 Å². The molecule has 4 rings (SSSR count). The van der Waals surface area contributed by atoms with E-state index in [1.54, 1.807) is 58.8 Å². The van der Waals surface area contributed by atoms with Gasteiger partial charge in [0.25, 0.3) is 5.91 Å². The fraction of sp³-hybridized carbons (Fsp3) is 0.0500. The number of hydrogen-bond acceptors (Lipinski definition) is 4. The molecule has 0 saturated heterocycles. The molecule has 130 valence electrons. The lowest BCUT2D eigenvalue weighted by Gasteiger charge is -2.26. The van der Waals surface area contributed by atoms with Gasteiger partial charge in [0, 0.05) is 0 Å². The highest BCUT2D eigenvalue weighted by molar-refractivity contribution is 7.11. The summed E-state index contributed by atoms with van der Waals surface area (Å²) in [7, 11) is 0. The van der Waals surface area contributed by atoms with Crippen LogP contribution in [-0.4, -0.2) is 16.0 Å². The number of hydrazine groups is 1. The van der Waals surface area contributed by atoms with Crippen molar-refractivity contribution in [2.75, 3.05) is 0 Å². The van der Waals surface area contributed by atoms with Gasteiger partial charge >= 0.3 is 0 Å². The molecule has 1 aromatic heterocycles. The summed E-state index contributed by atoms with van der Waals surface area (Å²) in [4.78, 5) is 14.2. The minimum absolute atomic E-state index is 0.158. The molecule has 2 N–H and O–H groups in total. The van der Waals surface area contributed by atoms with Crippen LogP contribution in [0.25, 0.3) is 5.70 Å². The van der Waals surface area contributed by atoms with Gasteiger partial charge in [-0.25, -0.2) is 5.01 Å². The molecule has 0 aliphatic carbocycles. The third-order valence-corrected chi connectivity index (χ3v) is 5.40. The normalized spacial score (nSPS) is 16.3. The van der Waals surface area contributed by atoms with Crippen LogP contribution in [0.15, 0.2) is 72.1 Å². The van der Waals surface area contributed by atoms with Crippen LogP contribution in [0.1, 0.15) is 26.8 Å². The van der Waals surface area contributed by atoms with E-state index >= 15 is 0 Å². The second-order valence-corrected chi connectivity index (χ2v) is 7.22. The highest BCUT2D eigenvalue weighted by Crippen LogP contribution is 2.35. The molecule has 0 spiro atoms. The third kappa shape index (κ3) is 3.07. The van der Waals surface area contributed by atoms with E-state index in [2.05, 4.69) is 5.43 Å². The van der Waals surface area contributed by atoms with Crippen molar-refractivity contribution in [3.8, 4) is 5.75 Å². The predicted octanol–water partition coefficient (Wildman–Crippen LogP) is 4.85. The molecule has 0 radical (unpaired) electrons. The van der Waals surface area contributed by atoms with Crippen molar-refractivity contribution in [2.24, 2.45) is 0 Å². The average Bonchev–Trinajstić information content (AvgIpc) is 3.31. The van der Waals surface area contributed by atoms with Crippen molar-refractivity contribution in [2.45, 2.75) is 6.04 Å². The van der Waals surface area contributed by atoms with Gasteiger partial charge in [0.15, 0.2) is 0 Å². The lowest BCUT2D eigenvalue weighted by molar-refractivity contribution is 0.0672. The summed E-state index contributed by atoms with van der Waals surface area (Å²) in [5.74, 6) is -0.0719. The van der Waals surface area contributed by atoms with Crippen LogP contribution in [0.3, 0.4) is 0 Å². The monoisotopic (exact) mass is 382 g/mol. The summed E-state index contributed by atoms with van der Waals surface area (Å²) in [5, 5.41) is 13.8. The smallest absolute Gasteiger partial charge is 0.274 e. The van der Waals surface area contributed by atoms with Crippen molar-refractivity contribution in [1.29, 1.82) is 0 Å². The van der Waals surface area contributed by atoms with E-state index in [1.807, 2.05) is 29.7 Å². The molecule has 6 heteroatoms. The summed E-state index contributed by atoms with van der Waals surface area (Å²) >= 11 is 7.81. The van der Waals surface area contributed by atoms with Crippen LogP contribution in [0.5, 0.6) is 5.75 Å². The number of nitrogens with zero attached hydrogens (tertiary/aromatic N) is 1. The Bertz CT molecular complexity index is 985. The first-order valence-corrected chi connectivity index (χ1v) is 9.28. The van der Waals surface area contributed by atoms with Gasteiger partial charge in [-0.1, -0.05) is 41.9 Å². The summed E-state index contributed by atoms with van der Waals surface area (Å²) in [6, 6.07) is 17.5. The van der Waals surface area contributed by atoms with Crippen LogP contribution in [-0.2, 0) is 0 Å². The molecule has 1 aliphatic heterocycles. The Morgan fingerprint density at radius 1 is 1.12 bits per heavy atom. The minimum Gasteiger partial charge on any atom is -0.508 e. The van der Waals surface area contributed by atoms with Gasteiger partial charge in [0.05, 0.1) is 27.2 Å². The van der Waals surface area contributed by atoms with Crippen molar-refractivity contribution in [3.63, 3.8) is 0 Å². The Balaban J connectivity index is 1.75. The van der Waals surface area contributed by atoms with Gasteiger partial charge in [0.1, 0.15) is 5.75 Å². The zero-order valence-corrected chi connectivity index (χ0v) is 15.2. The summed E-state index contributed by atoms with van der Waals surface area (Å²) in [6.07, 6.45) is 1.98. The number of phenols is 1. The van der Waals surface area contributed by atoms with Gasteiger partial charge < -0.3 is 5.11 Å². The molecule has 0 bridgehead atoms. The van der Waals surface area contributed by atoms with E-state index in [-0.39, 0.29) is 17.7 Å². The number of carbonyl (C=O) groups is 1. The van der Waals surface area contributed by atoms with E-state index in [1.165, 1.54) is 0 Å². The molecule has 0 saturated carbocycles. The molecule has 2 heterocycles. The van der Waals surface area contributed by atoms with Crippen LogP contribution in [0.2, 0.25) is 5.02 Å².